The van der Waals surface area contributed by atoms with Crippen molar-refractivity contribution in [2.45, 2.75) is 59.8 Å². The number of piperazine rings is 1. The summed E-state index contributed by atoms with van der Waals surface area (Å²) in [4.78, 5) is 9.10. The van der Waals surface area contributed by atoms with Crippen LogP contribution < -0.4 is 10.6 Å². The highest BCUT2D eigenvalue weighted by Crippen LogP contribution is 2.27. The molecular formula is C23H47N4OP. The molecule has 5 nitrogen and oxygen atoms in total. The van der Waals surface area contributed by atoms with Crippen molar-refractivity contribution >= 4 is 20.0 Å². The minimum absolute atomic E-state index is 0.771. The summed E-state index contributed by atoms with van der Waals surface area (Å²) in [5.41, 5.74) is 7.26. The standard InChI is InChI=1S/C16H24N3P.C2H6O.2C2H6.CH5N/c20-16(14-4-2-1-3-5-14)19-12-10-18(11-13-19)15-6-8-17-9-7-15;1-3-2;3*1-2/h6-9,14,20H,1-5,10-13H2;1-2H3;2*1-2H3;2H2,1H3. The number of nitrogens with two attached hydrogens (primary N) is 1. The monoisotopic (exact) mass is 426 g/mol. The van der Waals surface area contributed by atoms with Gasteiger partial charge in [0.05, 0.1) is 0 Å². The first-order valence-electron chi connectivity index (χ1n) is 11.2. The molecule has 0 atom stereocenters. The average Bonchev–Trinajstić information content (AvgIpc) is 2.84. The molecule has 1 aliphatic carbocycles. The van der Waals surface area contributed by atoms with Gasteiger partial charge in [0.25, 0.3) is 0 Å². The molecule has 1 saturated heterocycles. The first kappa shape index (κ1) is 30.2. The van der Waals surface area contributed by atoms with Gasteiger partial charge in [0.2, 0.25) is 0 Å². The Kier molecular flexibility index (Phi) is 22.6. The Morgan fingerprint density at radius 1 is 0.931 bits per heavy atom. The van der Waals surface area contributed by atoms with Crippen molar-refractivity contribution in [1.82, 2.24) is 9.88 Å². The topological polar surface area (TPSA) is 54.6 Å². The molecule has 0 radical (unpaired) electrons. The summed E-state index contributed by atoms with van der Waals surface area (Å²) >= 11 is 0. The van der Waals surface area contributed by atoms with Gasteiger partial charge in [-0.25, -0.2) is 0 Å². The number of pyridine rings is 1. The number of aromatic nitrogens is 1. The van der Waals surface area contributed by atoms with E-state index in [1.807, 2.05) is 40.1 Å². The van der Waals surface area contributed by atoms with E-state index >= 15 is 0 Å². The van der Waals surface area contributed by atoms with Crippen molar-refractivity contribution < 1.29 is 4.74 Å². The normalized spacial score (nSPS) is 16.3. The van der Waals surface area contributed by atoms with Crippen LogP contribution in [0.25, 0.3) is 0 Å². The predicted molar refractivity (Wildman–Crippen MR) is 134 cm³/mol. The number of ether oxygens (including phenoxy) is 1. The van der Waals surface area contributed by atoms with Crippen molar-refractivity contribution in [2.75, 3.05) is 52.3 Å². The molecule has 29 heavy (non-hydrogen) atoms. The highest BCUT2D eigenvalue weighted by Gasteiger charge is 2.25. The molecule has 1 aromatic rings. The maximum atomic E-state index is 4.50. The van der Waals surface area contributed by atoms with E-state index in [9.17, 15) is 0 Å². The molecule has 6 heteroatoms. The van der Waals surface area contributed by atoms with Crippen LogP contribution in [0.3, 0.4) is 0 Å². The van der Waals surface area contributed by atoms with Crippen molar-refractivity contribution in [2.24, 2.45) is 11.7 Å². The summed E-state index contributed by atoms with van der Waals surface area (Å²) in [6.45, 7) is 12.4. The van der Waals surface area contributed by atoms with Crippen LogP contribution in [0.15, 0.2) is 24.5 Å². The van der Waals surface area contributed by atoms with E-state index < -0.39 is 0 Å². The van der Waals surface area contributed by atoms with Crippen molar-refractivity contribution in [3.05, 3.63) is 24.5 Å². The smallest absolute Gasteiger partial charge is 0.0397 e. The van der Waals surface area contributed by atoms with Crippen LogP contribution in [0.2, 0.25) is 0 Å². The molecule has 170 valence electrons. The van der Waals surface area contributed by atoms with Crippen molar-refractivity contribution in [3.8, 4) is 0 Å². The Morgan fingerprint density at radius 3 is 1.83 bits per heavy atom. The molecule has 0 aromatic carbocycles. The van der Waals surface area contributed by atoms with Crippen LogP contribution in [0.5, 0.6) is 0 Å². The third-order valence-corrected chi connectivity index (χ3v) is 5.36. The molecule has 0 bridgehead atoms. The van der Waals surface area contributed by atoms with Crippen LogP contribution >= 0.6 is 8.86 Å². The van der Waals surface area contributed by atoms with Crippen LogP contribution in [0.1, 0.15) is 59.8 Å². The van der Waals surface area contributed by atoms with Gasteiger partial charge in [-0.15, -0.1) is 8.86 Å². The fourth-order valence-electron chi connectivity index (χ4n) is 3.39. The minimum Gasteiger partial charge on any atom is -0.388 e. The SMILES string of the molecule is CC.CC.CN.COC.P=C(C1CCCCC1)N1CCN(c2ccncc2)CC1. The zero-order chi connectivity index (χ0) is 22.5. The first-order valence-corrected chi connectivity index (χ1v) is 11.7. The summed E-state index contributed by atoms with van der Waals surface area (Å²) < 4.78 is 4.25. The average molecular weight is 427 g/mol. The number of rotatable bonds is 3. The number of hydrogen-bond acceptors (Lipinski definition) is 4. The van der Waals surface area contributed by atoms with Crippen molar-refractivity contribution in [3.63, 3.8) is 0 Å². The van der Waals surface area contributed by atoms with Crippen LogP contribution in [-0.2, 0) is 4.74 Å². The van der Waals surface area contributed by atoms with Gasteiger partial charge in [0, 0.05) is 63.9 Å². The quantitative estimate of drug-likeness (QED) is 0.693. The van der Waals surface area contributed by atoms with E-state index in [1.54, 1.807) is 14.2 Å². The zero-order valence-electron chi connectivity index (χ0n) is 20.1. The lowest BCUT2D eigenvalue weighted by Crippen LogP contribution is -2.50. The summed E-state index contributed by atoms with van der Waals surface area (Å²) in [5, 5.41) is 0. The molecule has 2 heterocycles. The summed E-state index contributed by atoms with van der Waals surface area (Å²) in [5.74, 6) is 0.771. The molecule has 1 aromatic heterocycles. The van der Waals surface area contributed by atoms with E-state index in [-0.39, 0.29) is 0 Å². The summed E-state index contributed by atoms with van der Waals surface area (Å²) in [7, 11) is 8.70. The second kappa shape index (κ2) is 21.7. The first-order chi connectivity index (χ1) is 14.3. The lowest BCUT2D eigenvalue weighted by molar-refractivity contribution is 0.277. The lowest BCUT2D eigenvalue weighted by atomic mass is 9.88. The Balaban J connectivity index is 0. The van der Waals surface area contributed by atoms with E-state index in [0.717, 1.165) is 32.1 Å². The number of nitrogens with zero attached hydrogens (tertiary/aromatic N) is 3. The van der Waals surface area contributed by atoms with Crippen LogP contribution in [-0.4, -0.2) is 62.7 Å². The van der Waals surface area contributed by atoms with Crippen LogP contribution in [0, 0.1) is 5.92 Å². The molecule has 1 aliphatic heterocycles. The third kappa shape index (κ3) is 12.3. The molecule has 0 spiro atoms. The third-order valence-electron chi connectivity index (χ3n) is 4.64. The van der Waals surface area contributed by atoms with Gasteiger partial charge in [-0.05, 0) is 37.9 Å². The molecule has 0 amide bonds. The second-order valence-electron chi connectivity index (χ2n) is 6.31. The molecule has 2 N–H and O–H groups in total. The largest absolute Gasteiger partial charge is 0.388 e. The number of anilines is 1. The van der Waals surface area contributed by atoms with E-state index in [4.69, 9.17) is 0 Å². The number of methoxy groups -OCH3 is 1. The van der Waals surface area contributed by atoms with E-state index in [2.05, 4.69) is 46.3 Å². The van der Waals surface area contributed by atoms with Gasteiger partial charge >= 0.3 is 0 Å². The zero-order valence-corrected chi connectivity index (χ0v) is 21.1. The Hall–Kier alpha value is -1.00. The molecule has 3 rings (SSSR count). The minimum atomic E-state index is 0.771. The Bertz CT molecular complexity index is 459. The van der Waals surface area contributed by atoms with Gasteiger partial charge in [0.15, 0.2) is 0 Å². The molecule has 2 fully saturated rings. The van der Waals surface area contributed by atoms with Gasteiger partial charge in [-0.3, -0.25) is 9.88 Å². The Labute approximate surface area is 183 Å². The predicted octanol–water partition coefficient (Wildman–Crippen LogP) is 4.95. The van der Waals surface area contributed by atoms with E-state index in [1.165, 1.54) is 50.3 Å². The molecule has 0 unspecified atom stereocenters. The molecule has 1 saturated carbocycles. The maximum Gasteiger partial charge on any atom is 0.0397 e. The highest BCUT2D eigenvalue weighted by atomic mass is 31.0. The van der Waals surface area contributed by atoms with Gasteiger partial charge < -0.3 is 15.4 Å². The van der Waals surface area contributed by atoms with E-state index in [0.29, 0.717) is 0 Å². The van der Waals surface area contributed by atoms with Gasteiger partial charge in [0.1, 0.15) is 0 Å². The fraction of sp³-hybridized carbons (Fsp3) is 0.739. The summed E-state index contributed by atoms with van der Waals surface area (Å²) in [6.07, 6.45) is 10.7. The molecular weight excluding hydrogens is 379 g/mol. The lowest BCUT2D eigenvalue weighted by Gasteiger charge is -2.39. The summed E-state index contributed by atoms with van der Waals surface area (Å²) in [6, 6.07) is 4.21. The second-order valence-corrected chi connectivity index (χ2v) is 6.82. The maximum absolute atomic E-state index is 4.50. The molecule has 2 aliphatic rings. The highest BCUT2D eigenvalue weighted by molar-refractivity contribution is 7.20. The van der Waals surface area contributed by atoms with Gasteiger partial charge in [-0.2, -0.15) is 0 Å². The van der Waals surface area contributed by atoms with Crippen LogP contribution in [0.4, 0.5) is 5.69 Å². The number of hydrogen-bond donors (Lipinski definition) is 1. The fourth-order valence-corrected chi connectivity index (χ4v) is 3.91. The Morgan fingerprint density at radius 2 is 1.38 bits per heavy atom. The van der Waals surface area contributed by atoms with Gasteiger partial charge in [-0.1, -0.05) is 47.0 Å². The van der Waals surface area contributed by atoms with Crippen molar-refractivity contribution in [1.29, 1.82) is 0 Å².